The Morgan fingerprint density at radius 1 is 1.50 bits per heavy atom. The number of aromatic nitrogens is 3. The van der Waals surface area contributed by atoms with Crippen molar-refractivity contribution in [1.82, 2.24) is 20.1 Å². The van der Waals surface area contributed by atoms with Crippen molar-refractivity contribution in [3.63, 3.8) is 0 Å². The maximum absolute atomic E-state index is 11.8. The van der Waals surface area contributed by atoms with Crippen LogP contribution in [0.2, 0.25) is 0 Å². The second-order valence-corrected chi connectivity index (χ2v) is 5.42. The molecule has 0 aliphatic carbocycles. The van der Waals surface area contributed by atoms with Crippen molar-refractivity contribution >= 4 is 5.91 Å². The summed E-state index contributed by atoms with van der Waals surface area (Å²) >= 11 is 0. The molecule has 0 bridgehead atoms. The van der Waals surface area contributed by atoms with Crippen LogP contribution in [0, 0.1) is 19.8 Å². The van der Waals surface area contributed by atoms with Crippen LogP contribution in [0.4, 0.5) is 0 Å². The van der Waals surface area contributed by atoms with E-state index >= 15 is 0 Å². The number of hydrogen-bond donors (Lipinski definition) is 1. The third kappa shape index (κ3) is 4.59. The number of rotatable bonds is 6. The number of carbonyl (C=O) groups is 1. The lowest BCUT2D eigenvalue weighted by atomic mass is 9.98. The summed E-state index contributed by atoms with van der Waals surface area (Å²) in [4.78, 5) is 16.0. The highest BCUT2D eigenvalue weighted by Gasteiger charge is 2.17. The topological polar surface area (TPSA) is 69.0 Å². The highest BCUT2D eigenvalue weighted by Crippen LogP contribution is 2.16. The van der Waals surface area contributed by atoms with Crippen molar-refractivity contribution in [3.8, 4) is 0 Å². The van der Waals surface area contributed by atoms with Crippen molar-refractivity contribution in [1.29, 1.82) is 0 Å². The average molecular weight is 280 g/mol. The van der Waals surface area contributed by atoms with Gasteiger partial charge < -0.3 is 10.1 Å². The number of aryl methyl sites for hydroxylation is 3. The standard InChI is InChI=1S/C14H24N4O2/c1-11-16-12(2)18(17-11)7-4-6-15-14(19)9-13-5-3-8-20-10-13/h13H,3-10H2,1-2H3,(H,15,19). The van der Waals surface area contributed by atoms with Gasteiger partial charge >= 0.3 is 0 Å². The first-order chi connectivity index (χ1) is 9.65. The van der Waals surface area contributed by atoms with Crippen LogP contribution >= 0.6 is 0 Å². The van der Waals surface area contributed by atoms with Gasteiger partial charge in [-0.1, -0.05) is 0 Å². The van der Waals surface area contributed by atoms with Gasteiger partial charge in [0.15, 0.2) is 0 Å². The van der Waals surface area contributed by atoms with Gasteiger partial charge in [0, 0.05) is 32.7 Å². The number of nitrogens with one attached hydrogen (secondary N) is 1. The molecule has 1 aliphatic heterocycles. The molecule has 2 rings (SSSR count). The minimum Gasteiger partial charge on any atom is -0.381 e. The summed E-state index contributed by atoms with van der Waals surface area (Å²) in [6.45, 7) is 6.88. The molecule has 1 aromatic heterocycles. The average Bonchev–Trinajstić information content (AvgIpc) is 2.74. The fraction of sp³-hybridized carbons (Fsp3) is 0.786. The number of carbonyl (C=O) groups excluding carboxylic acids is 1. The van der Waals surface area contributed by atoms with Crippen molar-refractivity contribution in [2.45, 2.75) is 46.1 Å². The fourth-order valence-corrected chi connectivity index (χ4v) is 2.53. The maximum Gasteiger partial charge on any atom is 0.220 e. The van der Waals surface area contributed by atoms with Gasteiger partial charge in [0.2, 0.25) is 5.91 Å². The molecule has 20 heavy (non-hydrogen) atoms. The number of ether oxygens (including phenoxy) is 1. The summed E-state index contributed by atoms with van der Waals surface area (Å²) in [7, 11) is 0. The Morgan fingerprint density at radius 3 is 3.00 bits per heavy atom. The molecule has 1 saturated heterocycles. The molecule has 0 saturated carbocycles. The minimum atomic E-state index is 0.131. The Balaban J connectivity index is 1.60. The maximum atomic E-state index is 11.8. The van der Waals surface area contributed by atoms with E-state index < -0.39 is 0 Å². The van der Waals surface area contributed by atoms with E-state index in [2.05, 4.69) is 15.4 Å². The van der Waals surface area contributed by atoms with E-state index in [1.807, 2.05) is 18.5 Å². The van der Waals surface area contributed by atoms with Crippen LogP contribution in [0.3, 0.4) is 0 Å². The van der Waals surface area contributed by atoms with Crippen molar-refractivity contribution in [2.75, 3.05) is 19.8 Å². The van der Waals surface area contributed by atoms with E-state index in [0.29, 0.717) is 18.9 Å². The van der Waals surface area contributed by atoms with E-state index in [9.17, 15) is 4.79 Å². The van der Waals surface area contributed by atoms with Crippen molar-refractivity contribution in [3.05, 3.63) is 11.6 Å². The van der Waals surface area contributed by atoms with Gasteiger partial charge in [-0.3, -0.25) is 9.48 Å². The largest absolute Gasteiger partial charge is 0.381 e. The normalized spacial score (nSPS) is 19.0. The highest BCUT2D eigenvalue weighted by molar-refractivity contribution is 5.76. The number of amides is 1. The van der Waals surface area contributed by atoms with E-state index in [1.165, 1.54) is 0 Å². The first kappa shape index (κ1) is 15.0. The molecule has 0 aromatic carbocycles. The molecular formula is C14H24N4O2. The Kier molecular flexibility index (Phi) is 5.52. The van der Waals surface area contributed by atoms with E-state index in [1.54, 1.807) is 0 Å². The molecule has 1 aromatic rings. The minimum absolute atomic E-state index is 0.131. The van der Waals surface area contributed by atoms with Gasteiger partial charge in [0.25, 0.3) is 0 Å². The number of nitrogens with zero attached hydrogens (tertiary/aromatic N) is 3. The summed E-state index contributed by atoms with van der Waals surface area (Å²) in [5.74, 6) is 2.24. The third-order valence-electron chi connectivity index (χ3n) is 3.56. The van der Waals surface area contributed by atoms with E-state index in [-0.39, 0.29) is 5.91 Å². The Bertz CT molecular complexity index is 438. The van der Waals surface area contributed by atoms with Gasteiger partial charge in [0.1, 0.15) is 11.6 Å². The van der Waals surface area contributed by atoms with Crippen LogP contribution in [0.25, 0.3) is 0 Å². The third-order valence-corrected chi connectivity index (χ3v) is 3.56. The summed E-state index contributed by atoms with van der Waals surface area (Å²) in [5.41, 5.74) is 0. The predicted octanol–water partition coefficient (Wildman–Crippen LogP) is 1.22. The summed E-state index contributed by atoms with van der Waals surface area (Å²) < 4.78 is 7.27. The van der Waals surface area contributed by atoms with Gasteiger partial charge in [-0.15, -0.1) is 0 Å². The van der Waals surface area contributed by atoms with E-state index in [4.69, 9.17) is 4.74 Å². The first-order valence-corrected chi connectivity index (χ1v) is 7.37. The Hall–Kier alpha value is -1.43. The lowest BCUT2D eigenvalue weighted by Gasteiger charge is -2.21. The quantitative estimate of drug-likeness (QED) is 0.795. The molecule has 6 heteroatoms. The zero-order valence-electron chi connectivity index (χ0n) is 12.4. The van der Waals surface area contributed by atoms with Crippen molar-refractivity contribution < 1.29 is 9.53 Å². The van der Waals surface area contributed by atoms with Crippen LogP contribution in [0.15, 0.2) is 0 Å². The fourth-order valence-electron chi connectivity index (χ4n) is 2.53. The van der Waals surface area contributed by atoms with Gasteiger partial charge in [-0.2, -0.15) is 5.10 Å². The molecule has 112 valence electrons. The monoisotopic (exact) mass is 280 g/mol. The summed E-state index contributed by atoms with van der Waals surface area (Å²) in [5, 5.41) is 7.27. The highest BCUT2D eigenvalue weighted by atomic mass is 16.5. The van der Waals surface area contributed by atoms with Gasteiger partial charge in [0.05, 0.1) is 0 Å². The van der Waals surface area contributed by atoms with Gasteiger partial charge in [-0.25, -0.2) is 4.98 Å². The second kappa shape index (κ2) is 7.38. The van der Waals surface area contributed by atoms with Crippen molar-refractivity contribution in [2.24, 2.45) is 5.92 Å². The van der Waals surface area contributed by atoms with Gasteiger partial charge in [-0.05, 0) is 39.0 Å². The van der Waals surface area contributed by atoms with Crippen LogP contribution in [0.5, 0.6) is 0 Å². The Labute approximate surface area is 119 Å². The molecule has 1 unspecified atom stereocenters. The molecule has 1 amide bonds. The van der Waals surface area contributed by atoms with Crippen LogP contribution in [-0.4, -0.2) is 40.4 Å². The van der Waals surface area contributed by atoms with Crippen LogP contribution < -0.4 is 5.32 Å². The summed E-state index contributed by atoms with van der Waals surface area (Å²) in [6, 6.07) is 0. The molecule has 1 N–H and O–H groups in total. The molecule has 6 nitrogen and oxygen atoms in total. The van der Waals surface area contributed by atoms with E-state index in [0.717, 1.165) is 50.7 Å². The first-order valence-electron chi connectivity index (χ1n) is 7.37. The number of hydrogen-bond acceptors (Lipinski definition) is 4. The predicted molar refractivity (Wildman–Crippen MR) is 75.3 cm³/mol. The van der Waals surface area contributed by atoms with Crippen LogP contribution in [-0.2, 0) is 16.1 Å². The lowest BCUT2D eigenvalue weighted by Crippen LogP contribution is -2.30. The molecule has 0 spiro atoms. The molecule has 0 radical (unpaired) electrons. The Morgan fingerprint density at radius 2 is 2.35 bits per heavy atom. The zero-order valence-corrected chi connectivity index (χ0v) is 12.4. The lowest BCUT2D eigenvalue weighted by molar-refractivity contribution is -0.123. The summed E-state index contributed by atoms with van der Waals surface area (Å²) in [6.07, 6.45) is 3.63. The van der Waals surface area contributed by atoms with Crippen LogP contribution in [0.1, 0.15) is 37.3 Å². The zero-order chi connectivity index (χ0) is 14.4. The molecule has 2 heterocycles. The molecule has 1 fully saturated rings. The molecular weight excluding hydrogens is 256 g/mol. The second-order valence-electron chi connectivity index (χ2n) is 5.42. The SMILES string of the molecule is Cc1nc(C)n(CCCNC(=O)CC2CCCOC2)n1. The smallest absolute Gasteiger partial charge is 0.220 e. The molecule has 1 atom stereocenters. The molecule has 1 aliphatic rings.